The Kier molecular flexibility index (Phi) is 4.39. The minimum atomic E-state index is -0.453. The molecule has 19 heavy (non-hydrogen) atoms. The van der Waals surface area contributed by atoms with E-state index in [1.165, 1.54) is 6.92 Å². The third-order valence-corrected chi connectivity index (χ3v) is 3.51. The van der Waals surface area contributed by atoms with Gasteiger partial charge in [0, 0.05) is 13.0 Å². The van der Waals surface area contributed by atoms with Gasteiger partial charge in [0.25, 0.3) is 0 Å². The zero-order valence-corrected chi connectivity index (χ0v) is 11.1. The fourth-order valence-electron chi connectivity index (χ4n) is 2.46. The molecule has 0 bridgehead atoms. The summed E-state index contributed by atoms with van der Waals surface area (Å²) in [5.41, 5.74) is 7.12. The van der Waals surface area contributed by atoms with Crippen molar-refractivity contribution >= 4 is 5.97 Å². The van der Waals surface area contributed by atoms with E-state index in [-0.39, 0.29) is 17.5 Å². The molecule has 104 valence electrons. The first-order valence-corrected chi connectivity index (χ1v) is 6.55. The van der Waals surface area contributed by atoms with Crippen LogP contribution in [-0.2, 0) is 4.79 Å². The van der Waals surface area contributed by atoms with E-state index in [0.29, 0.717) is 5.92 Å². The number of esters is 1. The maximum Gasteiger partial charge on any atom is 0.308 e. The zero-order chi connectivity index (χ0) is 13.8. The van der Waals surface area contributed by atoms with Crippen molar-refractivity contribution in [1.82, 2.24) is 5.32 Å². The van der Waals surface area contributed by atoms with Crippen LogP contribution in [0.5, 0.6) is 11.5 Å². The molecule has 1 saturated heterocycles. The minimum Gasteiger partial charge on any atom is -0.504 e. The number of ether oxygens (including phenoxy) is 1. The maximum absolute atomic E-state index is 10.9. The lowest BCUT2D eigenvalue weighted by Gasteiger charge is -2.28. The normalized spacial score (nSPS) is 18.0. The Labute approximate surface area is 112 Å². The van der Waals surface area contributed by atoms with Crippen LogP contribution >= 0.6 is 0 Å². The molecule has 4 N–H and O–H groups in total. The van der Waals surface area contributed by atoms with E-state index < -0.39 is 5.97 Å². The largest absolute Gasteiger partial charge is 0.504 e. The Balaban J connectivity index is 2.11. The number of hydrogen-bond donors (Lipinski definition) is 3. The summed E-state index contributed by atoms with van der Waals surface area (Å²) in [4.78, 5) is 10.9. The molecule has 0 aromatic heterocycles. The highest BCUT2D eigenvalue weighted by Gasteiger charge is 2.22. The van der Waals surface area contributed by atoms with E-state index in [4.69, 9.17) is 10.5 Å². The molecule has 1 heterocycles. The second-order valence-electron chi connectivity index (χ2n) is 4.93. The average Bonchev–Trinajstić information content (AvgIpc) is 2.41. The number of rotatable bonds is 3. The second kappa shape index (κ2) is 6.04. The predicted molar refractivity (Wildman–Crippen MR) is 71.9 cm³/mol. The quantitative estimate of drug-likeness (QED) is 0.566. The summed E-state index contributed by atoms with van der Waals surface area (Å²) in [6.45, 7) is 3.26. The van der Waals surface area contributed by atoms with Crippen molar-refractivity contribution in [1.29, 1.82) is 0 Å². The Bertz CT molecular complexity index is 456. The monoisotopic (exact) mass is 264 g/mol. The molecule has 0 aliphatic carbocycles. The maximum atomic E-state index is 10.9. The van der Waals surface area contributed by atoms with Crippen LogP contribution in [0.25, 0.3) is 0 Å². The molecule has 0 spiro atoms. The molecule has 1 aromatic carbocycles. The van der Waals surface area contributed by atoms with Crippen LogP contribution in [0.15, 0.2) is 18.2 Å². The Morgan fingerprint density at radius 1 is 1.47 bits per heavy atom. The van der Waals surface area contributed by atoms with Crippen LogP contribution in [0.3, 0.4) is 0 Å². The van der Waals surface area contributed by atoms with Gasteiger partial charge in [-0.05, 0) is 49.5 Å². The van der Waals surface area contributed by atoms with E-state index in [2.05, 4.69) is 5.32 Å². The van der Waals surface area contributed by atoms with Crippen molar-refractivity contribution in [3.63, 3.8) is 0 Å². The first kappa shape index (κ1) is 13.8. The van der Waals surface area contributed by atoms with Gasteiger partial charge in [-0.1, -0.05) is 6.07 Å². The van der Waals surface area contributed by atoms with Crippen LogP contribution in [0.4, 0.5) is 0 Å². The molecule has 1 aliphatic rings. The van der Waals surface area contributed by atoms with Gasteiger partial charge in [-0.25, -0.2) is 0 Å². The average molecular weight is 264 g/mol. The molecule has 5 heteroatoms. The van der Waals surface area contributed by atoms with Crippen molar-refractivity contribution in [3.8, 4) is 11.5 Å². The molecule has 5 nitrogen and oxygen atoms in total. The summed E-state index contributed by atoms with van der Waals surface area (Å²) in [6.07, 6.45) is 2.07. The highest BCUT2D eigenvalue weighted by Crippen LogP contribution is 2.33. The summed E-state index contributed by atoms with van der Waals surface area (Å²) in [5.74, 6) is 0.0942. The van der Waals surface area contributed by atoms with E-state index >= 15 is 0 Å². The Hall–Kier alpha value is -1.59. The molecular formula is C14H20N2O3. The fourth-order valence-corrected chi connectivity index (χ4v) is 2.46. The zero-order valence-electron chi connectivity index (χ0n) is 11.1. The summed E-state index contributed by atoms with van der Waals surface area (Å²) in [5, 5.41) is 13.1. The van der Waals surface area contributed by atoms with E-state index in [9.17, 15) is 9.90 Å². The molecule has 0 radical (unpaired) electrons. The standard InChI is InChI=1S/C14H20N2O3/c1-9(17)19-13-3-2-11(8-12(13)18)14(15)10-4-6-16-7-5-10/h2-3,8,10,14,16,18H,4-7,15H2,1H3/t14-/m1/s1. The smallest absolute Gasteiger partial charge is 0.308 e. The predicted octanol–water partition coefficient (Wildman–Crippen LogP) is 1.32. The molecule has 0 amide bonds. The highest BCUT2D eigenvalue weighted by atomic mass is 16.5. The van der Waals surface area contributed by atoms with Gasteiger partial charge in [-0.15, -0.1) is 0 Å². The second-order valence-corrected chi connectivity index (χ2v) is 4.93. The number of hydrogen-bond acceptors (Lipinski definition) is 5. The lowest BCUT2D eigenvalue weighted by molar-refractivity contribution is -0.132. The van der Waals surface area contributed by atoms with Gasteiger partial charge in [-0.3, -0.25) is 4.79 Å². The number of phenolic OH excluding ortho intramolecular Hbond substituents is 1. The van der Waals surface area contributed by atoms with Crippen molar-refractivity contribution < 1.29 is 14.6 Å². The van der Waals surface area contributed by atoms with E-state index in [0.717, 1.165) is 31.5 Å². The lowest BCUT2D eigenvalue weighted by Crippen LogP contribution is -2.33. The highest BCUT2D eigenvalue weighted by molar-refractivity contribution is 5.70. The van der Waals surface area contributed by atoms with Crippen molar-refractivity contribution in [2.45, 2.75) is 25.8 Å². The number of nitrogens with two attached hydrogens (primary N) is 1. The van der Waals surface area contributed by atoms with Gasteiger partial charge in [0.2, 0.25) is 0 Å². The first-order valence-electron chi connectivity index (χ1n) is 6.55. The first-order chi connectivity index (χ1) is 9.08. The Morgan fingerprint density at radius 2 is 2.16 bits per heavy atom. The van der Waals surface area contributed by atoms with E-state index in [1.807, 2.05) is 6.07 Å². The summed E-state index contributed by atoms with van der Waals surface area (Å²) < 4.78 is 4.89. The molecule has 1 atom stereocenters. The van der Waals surface area contributed by atoms with Crippen LogP contribution < -0.4 is 15.8 Å². The van der Waals surface area contributed by atoms with Crippen LogP contribution in [0.2, 0.25) is 0 Å². The molecule has 0 saturated carbocycles. The van der Waals surface area contributed by atoms with Crippen LogP contribution in [-0.4, -0.2) is 24.2 Å². The number of carbonyl (C=O) groups is 1. The van der Waals surface area contributed by atoms with Gasteiger partial charge >= 0.3 is 5.97 Å². The van der Waals surface area contributed by atoms with Crippen molar-refractivity contribution in [3.05, 3.63) is 23.8 Å². The lowest BCUT2D eigenvalue weighted by atomic mass is 9.86. The van der Waals surface area contributed by atoms with Crippen molar-refractivity contribution in [2.75, 3.05) is 13.1 Å². The van der Waals surface area contributed by atoms with Gasteiger partial charge in [-0.2, -0.15) is 0 Å². The van der Waals surface area contributed by atoms with E-state index in [1.54, 1.807) is 12.1 Å². The SMILES string of the molecule is CC(=O)Oc1ccc([C@H](N)C2CCNCC2)cc1O. The summed E-state index contributed by atoms with van der Waals surface area (Å²) >= 11 is 0. The number of aromatic hydroxyl groups is 1. The molecule has 1 fully saturated rings. The van der Waals surface area contributed by atoms with Crippen molar-refractivity contribution in [2.24, 2.45) is 11.7 Å². The van der Waals surface area contributed by atoms with Gasteiger partial charge in [0.15, 0.2) is 11.5 Å². The molecule has 2 rings (SSSR count). The molecule has 0 unspecified atom stereocenters. The molecule has 1 aromatic rings. The summed E-state index contributed by atoms with van der Waals surface area (Å²) in [7, 11) is 0. The number of carbonyl (C=O) groups excluding carboxylic acids is 1. The third-order valence-electron chi connectivity index (χ3n) is 3.51. The number of benzene rings is 1. The molecule has 1 aliphatic heterocycles. The van der Waals surface area contributed by atoms with Gasteiger partial charge in [0.1, 0.15) is 0 Å². The van der Waals surface area contributed by atoms with Gasteiger partial charge in [0.05, 0.1) is 0 Å². The third kappa shape index (κ3) is 3.45. The summed E-state index contributed by atoms with van der Waals surface area (Å²) in [6, 6.07) is 4.89. The van der Waals surface area contributed by atoms with Gasteiger partial charge < -0.3 is 20.9 Å². The number of nitrogens with one attached hydrogen (secondary N) is 1. The number of phenols is 1. The molecular weight excluding hydrogens is 244 g/mol. The van der Waals surface area contributed by atoms with Crippen LogP contribution in [0, 0.1) is 5.92 Å². The number of piperidine rings is 1. The van der Waals surface area contributed by atoms with Crippen LogP contribution in [0.1, 0.15) is 31.4 Å². The Morgan fingerprint density at radius 3 is 2.74 bits per heavy atom. The minimum absolute atomic E-state index is 0.0444. The fraction of sp³-hybridized carbons (Fsp3) is 0.500. The topological polar surface area (TPSA) is 84.6 Å².